The van der Waals surface area contributed by atoms with E-state index in [-0.39, 0.29) is 18.3 Å². The van der Waals surface area contributed by atoms with E-state index >= 15 is 0 Å². The Morgan fingerprint density at radius 2 is 1.88 bits per heavy atom. The Morgan fingerprint density at radius 3 is 2.48 bits per heavy atom. The third-order valence-electron chi connectivity index (χ3n) is 5.07. The van der Waals surface area contributed by atoms with Gasteiger partial charge in [-0.25, -0.2) is 0 Å². The summed E-state index contributed by atoms with van der Waals surface area (Å²) in [5.41, 5.74) is 0.885. The highest BCUT2D eigenvalue weighted by atomic mass is 35.5. The van der Waals surface area contributed by atoms with Gasteiger partial charge < -0.3 is 19.7 Å². The fraction of sp³-hybridized carbons (Fsp3) is 0.632. The number of likely N-dealkylation sites (tertiary alicyclic amines) is 1. The maximum absolute atomic E-state index is 12.6. The van der Waals surface area contributed by atoms with Gasteiger partial charge in [-0.2, -0.15) is 0 Å². The molecule has 0 radical (unpaired) electrons. The SMILES string of the molecule is COc1ccc(OC)c(CC(=O)N2CCC(NCC3CC3)CC2)c1.Cl. The minimum atomic E-state index is 0. The number of nitrogens with zero attached hydrogens (tertiary/aromatic N) is 1. The number of benzene rings is 1. The zero-order chi connectivity index (χ0) is 16.9. The second kappa shape index (κ2) is 9.30. The molecule has 140 valence electrons. The van der Waals surface area contributed by atoms with Crippen LogP contribution in [-0.4, -0.2) is 50.7 Å². The van der Waals surface area contributed by atoms with Crippen LogP contribution in [0.4, 0.5) is 0 Å². The average Bonchev–Trinajstić information content (AvgIpc) is 3.44. The Kier molecular flexibility index (Phi) is 7.38. The molecule has 5 nitrogen and oxygen atoms in total. The molecule has 0 unspecified atom stereocenters. The number of amides is 1. The molecule has 2 aliphatic rings. The fourth-order valence-electron chi connectivity index (χ4n) is 3.28. The van der Waals surface area contributed by atoms with E-state index in [1.54, 1.807) is 14.2 Å². The fourth-order valence-corrected chi connectivity index (χ4v) is 3.28. The predicted molar refractivity (Wildman–Crippen MR) is 101 cm³/mol. The van der Waals surface area contributed by atoms with Crippen LogP contribution >= 0.6 is 12.4 Å². The first kappa shape index (κ1) is 19.9. The molecule has 6 heteroatoms. The minimum Gasteiger partial charge on any atom is -0.497 e. The van der Waals surface area contributed by atoms with E-state index in [2.05, 4.69) is 5.32 Å². The van der Waals surface area contributed by atoms with Crippen LogP contribution < -0.4 is 14.8 Å². The van der Waals surface area contributed by atoms with Crippen LogP contribution in [-0.2, 0) is 11.2 Å². The van der Waals surface area contributed by atoms with E-state index in [1.165, 1.54) is 12.8 Å². The van der Waals surface area contributed by atoms with Crippen LogP contribution in [0, 0.1) is 5.92 Å². The van der Waals surface area contributed by atoms with Crippen molar-refractivity contribution in [3.63, 3.8) is 0 Å². The van der Waals surface area contributed by atoms with Gasteiger partial charge in [-0.15, -0.1) is 12.4 Å². The highest BCUT2D eigenvalue weighted by Crippen LogP contribution is 2.28. The summed E-state index contributed by atoms with van der Waals surface area (Å²) in [4.78, 5) is 14.6. The maximum atomic E-state index is 12.6. The lowest BCUT2D eigenvalue weighted by molar-refractivity contribution is -0.131. The smallest absolute Gasteiger partial charge is 0.227 e. The molecular formula is C19H29ClN2O3. The van der Waals surface area contributed by atoms with Crippen molar-refractivity contribution in [1.82, 2.24) is 10.2 Å². The quantitative estimate of drug-likeness (QED) is 0.803. The molecule has 1 aliphatic heterocycles. The Hall–Kier alpha value is -1.46. The van der Waals surface area contributed by atoms with E-state index in [9.17, 15) is 4.79 Å². The third-order valence-corrected chi connectivity index (χ3v) is 5.07. The summed E-state index contributed by atoms with van der Waals surface area (Å²) in [6.45, 7) is 2.83. The summed E-state index contributed by atoms with van der Waals surface area (Å²) in [5, 5.41) is 3.65. The topological polar surface area (TPSA) is 50.8 Å². The Morgan fingerprint density at radius 1 is 1.16 bits per heavy atom. The molecule has 1 aromatic carbocycles. The first-order chi connectivity index (χ1) is 11.7. The number of ether oxygens (including phenoxy) is 2. The predicted octanol–water partition coefficient (Wildman–Crippen LogP) is 2.66. The molecule has 2 fully saturated rings. The number of halogens is 1. The molecule has 3 rings (SSSR count). The van der Waals surface area contributed by atoms with Gasteiger partial charge in [0.05, 0.1) is 20.6 Å². The van der Waals surface area contributed by atoms with Gasteiger partial charge in [-0.05, 0) is 56.3 Å². The molecule has 25 heavy (non-hydrogen) atoms. The first-order valence-electron chi connectivity index (χ1n) is 8.91. The van der Waals surface area contributed by atoms with Crippen LogP contribution in [0.25, 0.3) is 0 Å². The van der Waals surface area contributed by atoms with Gasteiger partial charge in [0, 0.05) is 24.7 Å². The molecule has 0 atom stereocenters. The molecule has 1 N–H and O–H groups in total. The molecule has 1 aliphatic carbocycles. The average molecular weight is 369 g/mol. The summed E-state index contributed by atoms with van der Waals surface area (Å²) >= 11 is 0. The number of methoxy groups -OCH3 is 2. The Bertz CT molecular complexity index is 570. The van der Waals surface area contributed by atoms with Crippen molar-refractivity contribution < 1.29 is 14.3 Å². The van der Waals surface area contributed by atoms with Gasteiger partial charge in [0.25, 0.3) is 0 Å². The van der Waals surface area contributed by atoms with E-state index in [4.69, 9.17) is 9.47 Å². The summed E-state index contributed by atoms with van der Waals surface area (Å²) in [6.07, 6.45) is 5.22. The third kappa shape index (κ3) is 5.51. The van der Waals surface area contributed by atoms with E-state index in [0.29, 0.717) is 12.5 Å². The molecule has 0 spiro atoms. The van der Waals surface area contributed by atoms with Gasteiger partial charge in [0.15, 0.2) is 0 Å². The molecule has 1 saturated carbocycles. The lowest BCUT2D eigenvalue weighted by Crippen LogP contribution is -2.45. The van der Waals surface area contributed by atoms with E-state index in [1.807, 2.05) is 23.1 Å². The van der Waals surface area contributed by atoms with Gasteiger partial charge in [0.1, 0.15) is 11.5 Å². The molecular weight excluding hydrogens is 340 g/mol. The van der Waals surface area contributed by atoms with Crippen molar-refractivity contribution >= 4 is 18.3 Å². The number of hydrogen-bond acceptors (Lipinski definition) is 4. The first-order valence-corrected chi connectivity index (χ1v) is 8.91. The van der Waals surface area contributed by atoms with Crippen LogP contribution in [0.1, 0.15) is 31.2 Å². The number of nitrogens with one attached hydrogen (secondary N) is 1. The summed E-state index contributed by atoms with van der Waals surface area (Å²) in [5.74, 6) is 2.57. The lowest BCUT2D eigenvalue weighted by atomic mass is 10.0. The highest BCUT2D eigenvalue weighted by molar-refractivity contribution is 5.85. The molecule has 1 aromatic rings. The second-order valence-electron chi connectivity index (χ2n) is 6.86. The van der Waals surface area contributed by atoms with Crippen LogP contribution in [0.5, 0.6) is 11.5 Å². The Balaban J connectivity index is 0.00000225. The lowest BCUT2D eigenvalue weighted by Gasteiger charge is -2.32. The standard InChI is InChI=1S/C19H28N2O3.ClH/c1-23-17-5-6-18(24-2)15(11-17)12-19(22)21-9-7-16(8-10-21)20-13-14-3-4-14;/h5-6,11,14,16,20H,3-4,7-10,12-13H2,1-2H3;1H. The number of piperidine rings is 1. The number of carbonyl (C=O) groups is 1. The normalized spacial score (nSPS) is 17.8. The van der Waals surface area contributed by atoms with Crippen LogP contribution in [0.15, 0.2) is 18.2 Å². The summed E-state index contributed by atoms with van der Waals surface area (Å²) < 4.78 is 10.6. The maximum Gasteiger partial charge on any atom is 0.227 e. The molecule has 1 heterocycles. The van der Waals surface area contributed by atoms with Crippen LogP contribution in [0.2, 0.25) is 0 Å². The van der Waals surface area contributed by atoms with E-state index < -0.39 is 0 Å². The van der Waals surface area contributed by atoms with Crippen molar-refractivity contribution in [2.45, 2.75) is 38.1 Å². The number of carbonyl (C=O) groups excluding carboxylic acids is 1. The van der Waals surface area contributed by atoms with Crippen molar-refractivity contribution in [2.24, 2.45) is 5.92 Å². The summed E-state index contributed by atoms with van der Waals surface area (Å²) in [7, 11) is 3.26. The van der Waals surface area contributed by atoms with Crippen molar-refractivity contribution in [3.05, 3.63) is 23.8 Å². The minimum absolute atomic E-state index is 0. The molecule has 0 bridgehead atoms. The van der Waals surface area contributed by atoms with E-state index in [0.717, 1.165) is 55.5 Å². The highest BCUT2D eigenvalue weighted by Gasteiger charge is 2.26. The number of hydrogen-bond donors (Lipinski definition) is 1. The van der Waals surface area contributed by atoms with Crippen molar-refractivity contribution in [1.29, 1.82) is 0 Å². The Labute approximate surface area is 156 Å². The van der Waals surface area contributed by atoms with Crippen molar-refractivity contribution in [3.8, 4) is 11.5 Å². The van der Waals surface area contributed by atoms with Gasteiger partial charge in [0.2, 0.25) is 5.91 Å². The molecule has 1 saturated heterocycles. The largest absolute Gasteiger partial charge is 0.497 e. The van der Waals surface area contributed by atoms with Gasteiger partial charge in [-0.1, -0.05) is 0 Å². The molecule has 0 aromatic heterocycles. The zero-order valence-corrected chi connectivity index (χ0v) is 15.9. The second-order valence-corrected chi connectivity index (χ2v) is 6.86. The monoisotopic (exact) mass is 368 g/mol. The molecule has 1 amide bonds. The summed E-state index contributed by atoms with van der Waals surface area (Å²) in [6, 6.07) is 6.17. The zero-order valence-electron chi connectivity index (χ0n) is 15.1. The van der Waals surface area contributed by atoms with Gasteiger partial charge in [-0.3, -0.25) is 4.79 Å². The van der Waals surface area contributed by atoms with Crippen LogP contribution in [0.3, 0.4) is 0 Å². The number of rotatable bonds is 7. The van der Waals surface area contributed by atoms with Gasteiger partial charge >= 0.3 is 0 Å². The van der Waals surface area contributed by atoms with Crippen molar-refractivity contribution in [2.75, 3.05) is 33.9 Å².